The van der Waals surface area contributed by atoms with Gasteiger partial charge in [0.2, 0.25) is 0 Å². The van der Waals surface area contributed by atoms with Gasteiger partial charge in [0, 0.05) is 13.2 Å². The summed E-state index contributed by atoms with van der Waals surface area (Å²) >= 11 is 0. The van der Waals surface area contributed by atoms with E-state index in [1.807, 2.05) is 0 Å². The minimum absolute atomic E-state index is 0.780. The van der Waals surface area contributed by atoms with E-state index in [-0.39, 0.29) is 0 Å². The highest BCUT2D eigenvalue weighted by Crippen LogP contribution is 2.24. The van der Waals surface area contributed by atoms with Crippen LogP contribution in [0.5, 0.6) is 0 Å². The fourth-order valence-electron chi connectivity index (χ4n) is 2.82. The molecule has 2 aliphatic rings. The van der Waals surface area contributed by atoms with Gasteiger partial charge in [0.1, 0.15) is 0 Å². The first-order valence-electron chi connectivity index (χ1n) is 6.73. The van der Waals surface area contributed by atoms with Crippen LogP contribution >= 0.6 is 0 Å². The molecule has 0 radical (unpaired) electrons. The number of rotatable bonds is 4. The Balaban J connectivity index is 1.53. The first-order valence-corrected chi connectivity index (χ1v) is 6.73. The van der Waals surface area contributed by atoms with E-state index in [1.165, 1.54) is 58.0 Å². The van der Waals surface area contributed by atoms with E-state index in [0.29, 0.717) is 0 Å². The number of hydrogen-bond donors (Lipinski definition) is 1. The highest BCUT2D eigenvalue weighted by Gasteiger charge is 2.16. The van der Waals surface area contributed by atoms with Gasteiger partial charge in [-0.2, -0.15) is 0 Å². The van der Waals surface area contributed by atoms with Crippen molar-refractivity contribution < 1.29 is 4.74 Å². The van der Waals surface area contributed by atoms with E-state index < -0.39 is 0 Å². The largest absolute Gasteiger partial charge is 0.381 e. The third kappa shape index (κ3) is 4.12. The second kappa shape index (κ2) is 6.49. The Kier molecular flexibility index (Phi) is 4.94. The molecule has 0 amide bonds. The molecule has 1 atom stereocenters. The number of nitrogens with one attached hydrogen (secondary N) is 1. The van der Waals surface area contributed by atoms with Gasteiger partial charge in [-0.15, -0.1) is 0 Å². The molecule has 0 aromatic rings. The summed E-state index contributed by atoms with van der Waals surface area (Å²) in [6, 6.07) is 0. The van der Waals surface area contributed by atoms with E-state index in [0.717, 1.165) is 25.0 Å². The topological polar surface area (TPSA) is 21.3 Å². The molecular weight excluding hydrogens is 186 g/mol. The van der Waals surface area contributed by atoms with Crippen LogP contribution in [0.2, 0.25) is 0 Å². The van der Waals surface area contributed by atoms with Crippen molar-refractivity contribution in [1.29, 1.82) is 0 Å². The molecule has 1 N–H and O–H groups in total. The van der Waals surface area contributed by atoms with Crippen molar-refractivity contribution >= 4 is 0 Å². The normalized spacial score (nSPS) is 29.2. The van der Waals surface area contributed by atoms with Gasteiger partial charge >= 0.3 is 0 Å². The zero-order valence-corrected chi connectivity index (χ0v) is 9.84. The van der Waals surface area contributed by atoms with Crippen molar-refractivity contribution in [2.75, 3.05) is 26.3 Å². The van der Waals surface area contributed by atoms with Crippen LogP contribution < -0.4 is 5.32 Å². The van der Waals surface area contributed by atoms with E-state index >= 15 is 0 Å². The van der Waals surface area contributed by atoms with Gasteiger partial charge in [0.15, 0.2) is 0 Å². The van der Waals surface area contributed by atoms with Crippen LogP contribution in [0.25, 0.3) is 0 Å². The quantitative estimate of drug-likeness (QED) is 0.771. The Hall–Kier alpha value is -0.0800. The van der Waals surface area contributed by atoms with Crippen LogP contribution in [0.3, 0.4) is 0 Å². The summed E-state index contributed by atoms with van der Waals surface area (Å²) in [7, 11) is 0. The maximum atomic E-state index is 5.87. The average molecular weight is 211 g/mol. The van der Waals surface area contributed by atoms with Gasteiger partial charge in [0.05, 0.1) is 6.61 Å². The van der Waals surface area contributed by atoms with Crippen LogP contribution in [0.4, 0.5) is 0 Å². The standard InChI is InChI=1S/C13H25NO/c1-2-5-12(6-3-1)10-15-11-13-7-4-8-14-9-13/h12-14H,1-11H2. The predicted octanol–water partition coefficient (Wildman–Crippen LogP) is 2.58. The summed E-state index contributed by atoms with van der Waals surface area (Å²) < 4.78 is 5.87. The molecule has 2 nitrogen and oxygen atoms in total. The van der Waals surface area contributed by atoms with E-state index in [9.17, 15) is 0 Å². The van der Waals surface area contributed by atoms with Gasteiger partial charge < -0.3 is 10.1 Å². The summed E-state index contributed by atoms with van der Waals surface area (Å²) in [4.78, 5) is 0. The van der Waals surface area contributed by atoms with Crippen molar-refractivity contribution in [2.24, 2.45) is 11.8 Å². The maximum Gasteiger partial charge on any atom is 0.0506 e. The molecule has 1 unspecified atom stereocenters. The molecule has 1 aliphatic carbocycles. The van der Waals surface area contributed by atoms with E-state index in [1.54, 1.807) is 0 Å². The number of ether oxygens (including phenoxy) is 1. The molecule has 0 bridgehead atoms. The lowest BCUT2D eigenvalue weighted by atomic mass is 9.90. The molecule has 1 aliphatic heterocycles. The Bertz CT molecular complexity index is 142. The summed E-state index contributed by atoms with van der Waals surface area (Å²) in [6.45, 7) is 4.39. The van der Waals surface area contributed by atoms with Crippen molar-refractivity contribution in [1.82, 2.24) is 5.32 Å². The lowest BCUT2D eigenvalue weighted by Gasteiger charge is -2.25. The highest BCUT2D eigenvalue weighted by molar-refractivity contribution is 4.69. The Labute approximate surface area is 93.8 Å². The maximum absolute atomic E-state index is 5.87. The molecule has 2 heteroatoms. The first kappa shape index (κ1) is 11.4. The van der Waals surface area contributed by atoms with Crippen LogP contribution in [0, 0.1) is 11.8 Å². The molecular formula is C13H25NO. The third-order valence-corrected chi connectivity index (χ3v) is 3.83. The fraction of sp³-hybridized carbons (Fsp3) is 1.00. The zero-order chi connectivity index (χ0) is 10.3. The van der Waals surface area contributed by atoms with E-state index in [4.69, 9.17) is 4.74 Å². The minimum atomic E-state index is 0.780. The van der Waals surface area contributed by atoms with Crippen LogP contribution in [0.1, 0.15) is 44.9 Å². The molecule has 1 saturated carbocycles. The molecule has 0 aromatic carbocycles. The van der Waals surface area contributed by atoms with Gasteiger partial charge in [0.25, 0.3) is 0 Å². The summed E-state index contributed by atoms with van der Waals surface area (Å²) in [5, 5.41) is 3.44. The monoisotopic (exact) mass is 211 g/mol. The van der Waals surface area contributed by atoms with Gasteiger partial charge in [-0.05, 0) is 44.1 Å². The first-order chi connectivity index (χ1) is 7.45. The lowest BCUT2D eigenvalue weighted by molar-refractivity contribution is 0.0542. The second-order valence-corrected chi connectivity index (χ2v) is 5.25. The summed E-state index contributed by atoms with van der Waals surface area (Å²) in [5.41, 5.74) is 0. The number of hydrogen-bond acceptors (Lipinski definition) is 2. The smallest absolute Gasteiger partial charge is 0.0506 e. The van der Waals surface area contributed by atoms with Crippen molar-refractivity contribution in [3.8, 4) is 0 Å². The van der Waals surface area contributed by atoms with Crippen molar-refractivity contribution in [3.63, 3.8) is 0 Å². The molecule has 88 valence electrons. The van der Waals surface area contributed by atoms with Crippen LogP contribution in [0.15, 0.2) is 0 Å². The van der Waals surface area contributed by atoms with Crippen molar-refractivity contribution in [2.45, 2.75) is 44.9 Å². The third-order valence-electron chi connectivity index (χ3n) is 3.83. The van der Waals surface area contributed by atoms with Crippen LogP contribution in [-0.2, 0) is 4.74 Å². The van der Waals surface area contributed by atoms with Gasteiger partial charge in [-0.25, -0.2) is 0 Å². The second-order valence-electron chi connectivity index (χ2n) is 5.25. The fourth-order valence-corrected chi connectivity index (χ4v) is 2.82. The Morgan fingerprint density at radius 2 is 1.60 bits per heavy atom. The molecule has 0 aromatic heterocycles. The molecule has 0 spiro atoms. The minimum Gasteiger partial charge on any atom is -0.381 e. The summed E-state index contributed by atoms with van der Waals surface area (Å²) in [5.74, 6) is 1.65. The molecule has 2 rings (SSSR count). The Morgan fingerprint density at radius 3 is 2.33 bits per heavy atom. The predicted molar refractivity (Wildman–Crippen MR) is 63.0 cm³/mol. The SMILES string of the molecule is C1CCC(COCC2CCCNC2)CC1. The summed E-state index contributed by atoms with van der Waals surface area (Å²) in [6.07, 6.45) is 9.81. The van der Waals surface area contributed by atoms with Gasteiger partial charge in [-0.1, -0.05) is 19.3 Å². The van der Waals surface area contributed by atoms with Crippen molar-refractivity contribution in [3.05, 3.63) is 0 Å². The highest BCUT2D eigenvalue weighted by atomic mass is 16.5. The van der Waals surface area contributed by atoms with Crippen LogP contribution in [-0.4, -0.2) is 26.3 Å². The molecule has 2 fully saturated rings. The van der Waals surface area contributed by atoms with E-state index in [2.05, 4.69) is 5.32 Å². The zero-order valence-electron chi connectivity index (χ0n) is 9.84. The average Bonchev–Trinajstić information content (AvgIpc) is 2.32. The molecule has 15 heavy (non-hydrogen) atoms. The van der Waals surface area contributed by atoms with Gasteiger partial charge in [-0.3, -0.25) is 0 Å². The molecule has 1 saturated heterocycles. The molecule has 1 heterocycles. The lowest BCUT2D eigenvalue weighted by Crippen LogP contribution is -2.32. The number of piperidine rings is 1. The Morgan fingerprint density at radius 1 is 0.867 bits per heavy atom.